The first-order chi connectivity index (χ1) is 37.5. The molecular weight excluding hydrogens is 1010 g/mol. The molecule has 0 amide bonds. The van der Waals surface area contributed by atoms with Crippen LogP contribution in [0.4, 0.5) is 27.8 Å². The second-order valence-corrected chi connectivity index (χ2v) is 28.9. The lowest BCUT2D eigenvalue weighted by Crippen LogP contribution is -2.67. The van der Waals surface area contributed by atoms with Crippen LogP contribution < -0.4 is 25.1 Å². The van der Waals surface area contributed by atoms with Gasteiger partial charge in [0.05, 0.1) is 19.8 Å². The number of allylic oxidation sites excluding steroid dienone is 7. The Kier molecular flexibility index (Phi) is 16.5. The van der Waals surface area contributed by atoms with Gasteiger partial charge >= 0.3 is 0 Å². The molecule has 7 aromatic rings. The summed E-state index contributed by atoms with van der Waals surface area (Å²) in [6, 6.07) is 54.3. The first-order valence-corrected chi connectivity index (χ1v) is 30.4. The molecule has 2 aromatic heterocycles. The molecule has 0 spiro atoms. The van der Waals surface area contributed by atoms with Crippen molar-refractivity contribution in [2.24, 2.45) is 5.41 Å². The standard InChI is InChI=1S/C68H71N5O2S2Si/c1-13-72(42-43-74-78(66(3,4)5,58-27-19-15-20-28-58)59-29-21-16-22-30-59)54-35-39-56(40-36-54)73(55-37-33-53(34-38-55)71(11)12)63-46-62-61(77-63)45-57(76-62)41-32-51-44-50(47-67(6,7)48-51)24-23-31-60-64(70-10)65(49(2)69-9)75-68(60,8)52-25-17-14-18-26-52/h14-41,44-46H,13,42-43,47-48H2,1-8,11-12H3/b31-23+,41-32+,50-24-,65-49+. The number of hydrogen-bond donors (Lipinski definition) is 0. The fraction of sp³-hybridized carbons (Fsp3) is 0.265. The van der Waals surface area contributed by atoms with Gasteiger partial charge in [-0.3, -0.25) is 0 Å². The third-order valence-corrected chi connectivity index (χ3v) is 22.3. The number of benzene rings is 5. The summed E-state index contributed by atoms with van der Waals surface area (Å²) in [5.74, 6) is 0.358. The summed E-state index contributed by atoms with van der Waals surface area (Å²) in [5, 5.41) is 3.68. The normalized spacial score (nSPS) is 17.8. The largest absolute Gasteiger partial charge is 0.502 e. The molecule has 1 aliphatic carbocycles. The fourth-order valence-electron chi connectivity index (χ4n) is 11.1. The van der Waals surface area contributed by atoms with Gasteiger partial charge in [0.2, 0.25) is 5.70 Å². The molecule has 0 radical (unpaired) electrons. The van der Waals surface area contributed by atoms with Crippen molar-refractivity contribution in [3.63, 3.8) is 0 Å². The van der Waals surface area contributed by atoms with Gasteiger partial charge in [-0.1, -0.05) is 156 Å². The van der Waals surface area contributed by atoms with E-state index in [0.717, 1.165) is 54.1 Å². The SMILES string of the molecule is [C-]#[N+]C1=C(/C=C/C=C2C=C(/C=C/c3cc4sc(N(c5ccc(N(C)C)cc5)c5ccc(N(CC)CCO[Si](c6ccccc6)(c6ccccc6)C(C)(C)C)cc5)cc4s3)CC(C)(C)C/2)C(C)(c2ccccc2)O/C1=C(\C)[N+]#[C-]. The molecule has 2 aliphatic rings. The number of ether oxygens (including phenoxy) is 1. The van der Waals surface area contributed by atoms with Crippen LogP contribution in [0.1, 0.15) is 78.7 Å². The van der Waals surface area contributed by atoms with Crippen LogP contribution in [0.25, 0.3) is 25.2 Å². The van der Waals surface area contributed by atoms with Gasteiger partial charge in [-0.05, 0) is 138 Å². The molecule has 7 nitrogen and oxygen atoms in total. The molecule has 9 rings (SSSR count). The summed E-state index contributed by atoms with van der Waals surface area (Å²) in [4.78, 5) is 15.7. The molecular formula is C68H71N5O2S2Si. The average Bonchev–Trinajstić information content (AvgIpc) is 4.11. The van der Waals surface area contributed by atoms with E-state index < -0.39 is 13.9 Å². The quantitative estimate of drug-likeness (QED) is 0.0671. The van der Waals surface area contributed by atoms with Gasteiger partial charge < -0.3 is 23.9 Å². The van der Waals surface area contributed by atoms with E-state index in [0.29, 0.717) is 23.8 Å². The van der Waals surface area contributed by atoms with Crippen LogP contribution >= 0.6 is 22.7 Å². The highest BCUT2D eigenvalue weighted by molar-refractivity contribution is 7.30. The summed E-state index contributed by atoms with van der Waals surface area (Å²) in [5.41, 5.74) is 8.69. The third kappa shape index (κ3) is 11.6. The van der Waals surface area contributed by atoms with Gasteiger partial charge in [0, 0.05) is 69.8 Å². The van der Waals surface area contributed by atoms with Gasteiger partial charge in [0.1, 0.15) is 16.4 Å². The Morgan fingerprint density at radius 2 is 1.31 bits per heavy atom. The van der Waals surface area contributed by atoms with Crippen molar-refractivity contribution in [3.05, 3.63) is 249 Å². The van der Waals surface area contributed by atoms with Gasteiger partial charge in [0.15, 0.2) is 5.70 Å². The third-order valence-electron chi connectivity index (χ3n) is 15.0. The first kappa shape index (κ1) is 55.3. The predicted molar refractivity (Wildman–Crippen MR) is 335 cm³/mol. The Morgan fingerprint density at radius 3 is 1.86 bits per heavy atom. The van der Waals surface area contributed by atoms with E-state index >= 15 is 0 Å². The van der Waals surface area contributed by atoms with Crippen molar-refractivity contribution in [1.29, 1.82) is 0 Å². The maximum Gasteiger partial charge on any atom is 0.261 e. The average molecular weight is 1080 g/mol. The van der Waals surface area contributed by atoms with Crippen molar-refractivity contribution in [2.75, 3.05) is 48.5 Å². The number of anilines is 5. The monoisotopic (exact) mass is 1080 g/mol. The van der Waals surface area contributed by atoms with E-state index in [1.165, 1.54) is 46.5 Å². The Balaban J connectivity index is 0.951. The number of hydrogen-bond acceptors (Lipinski definition) is 7. The predicted octanol–water partition coefficient (Wildman–Crippen LogP) is 17.4. The number of nitrogens with zero attached hydrogens (tertiary/aromatic N) is 5. The van der Waals surface area contributed by atoms with Crippen molar-refractivity contribution < 1.29 is 9.16 Å². The summed E-state index contributed by atoms with van der Waals surface area (Å²) in [7, 11) is 1.50. The van der Waals surface area contributed by atoms with Crippen LogP contribution in [0.3, 0.4) is 0 Å². The van der Waals surface area contributed by atoms with Gasteiger partial charge in [0.25, 0.3) is 8.32 Å². The van der Waals surface area contributed by atoms with Crippen molar-refractivity contribution >= 4 is 84.6 Å². The van der Waals surface area contributed by atoms with Gasteiger partial charge in [-0.15, -0.1) is 22.7 Å². The van der Waals surface area contributed by atoms with Crippen molar-refractivity contribution in [1.82, 2.24) is 0 Å². The van der Waals surface area contributed by atoms with E-state index in [1.807, 2.05) is 72.1 Å². The van der Waals surface area contributed by atoms with E-state index in [9.17, 15) is 0 Å². The summed E-state index contributed by atoms with van der Waals surface area (Å²) in [6.07, 6.45) is 15.0. The highest BCUT2D eigenvalue weighted by atomic mass is 32.1. The zero-order valence-corrected chi connectivity index (χ0v) is 49.4. The van der Waals surface area contributed by atoms with Crippen molar-refractivity contribution in [2.45, 2.75) is 78.9 Å². The second kappa shape index (κ2) is 23.3. The molecule has 0 bridgehead atoms. The maximum atomic E-state index is 8.12. The molecule has 78 heavy (non-hydrogen) atoms. The molecule has 0 N–H and O–H groups in total. The van der Waals surface area contributed by atoms with Crippen LogP contribution in [0.15, 0.2) is 216 Å². The number of thiophene rings is 2. The van der Waals surface area contributed by atoms with Crippen LogP contribution in [-0.4, -0.2) is 42.1 Å². The summed E-state index contributed by atoms with van der Waals surface area (Å²) < 4.78 is 16.3. The molecule has 0 saturated carbocycles. The lowest BCUT2D eigenvalue weighted by atomic mass is 9.75. The molecule has 1 unspecified atom stereocenters. The molecule has 3 heterocycles. The molecule has 5 aromatic carbocycles. The maximum absolute atomic E-state index is 8.12. The minimum absolute atomic E-state index is 0.0681. The molecule has 0 saturated heterocycles. The molecule has 1 atom stereocenters. The van der Waals surface area contributed by atoms with Crippen LogP contribution in [0, 0.1) is 18.6 Å². The van der Waals surface area contributed by atoms with Crippen LogP contribution in [0.2, 0.25) is 5.04 Å². The zero-order valence-electron chi connectivity index (χ0n) is 46.8. The summed E-state index contributed by atoms with van der Waals surface area (Å²) in [6.45, 7) is 35.7. The zero-order chi connectivity index (χ0) is 55.2. The first-order valence-electron chi connectivity index (χ1n) is 26.9. The minimum Gasteiger partial charge on any atom is -0.502 e. The highest BCUT2D eigenvalue weighted by Gasteiger charge is 2.50. The lowest BCUT2D eigenvalue weighted by Gasteiger charge is -2.43. The Labute approximate surface area is 472 Å². The minimum atomic E-state index is -2.66. The molecule has 396 valence electrons. The highest BCUT2D eigenvalue weighted by Crippen LogP contribution is 2.49. The fourth-order valence-corrected chi connectivity index (χ4v) is 18.0. The van der Waals surface area contributed by atoms with E-state index in [1.54, 1.807) is 6.92 Å². The lowest BCUT2D eigenvalue weighted by molar-refractivity contribution is 0.0747. The number of fused-ring (bicyclic) bond motifs is 1. The Hall–Kier alpha value is -7.44. The van der Waals surface area contributed by atoms with E-state index in [-0.39, 0.29) is 10.5 Å². The Morgan fingerprint density at radius 1 is 0.731 bits per heavy atom. The summed E-state index contributed by atoms with van der Waals surface area (Å²) >= 11 is 3.65. The van der Waals surface area contributed by atoms with Crippen LogP contribution in [-0.2, 0) is 14.8 Å². The topological polar surface area (TPSA) is 36.9 Å². The van der Waals surface area contributed by atoms with Crippen LogP contribution in [0.5, 0.6) is 0 Å². The molecule has 0 fully saturated rings. The van der Waals surface area contributed by atoms with Crippen molar-refractivity contribution in [3.8, 4) is 0 Å². The molecule has 10 heteroatoms. The smallest absolute Gasteiger partial charge is 0.261 e. The Bertz CT molecular complexity index is 3460. The van der Waals surface area contributed by atoms with Gasteiger partial charge in [-0.2, -0.15) is 0 Å². The van der Waals surface area contributed by atoms with E-state index in [4.69, 9.17) is 22.3 Å². The molecule has 1 aliphatic heterocycles. The number of likely N-dealkylation sites (N-methyl/N-ethyl adjacent to an activating group) is 1. The number of rotatable bonds is 17. The van der Waals surface area contributed by atoms with E-state index in [2.05, 4.69) is 226 Å². The van der Waals surface area contributed by atoms with Gasteiger partial charge in [-0.25, -0.2) is 9.69 Å². The second-order valence-electron chi connectivity index (χ2n) is 22.4.